The Morgan fingerprint density at radius 3 is 2.19 bits per heavy atom. The molecule has 3 aromatic carbocycles. The van der Waals surface area contributed by atoms with E-state index in [2.05, 4.69) is 0 Å². The number of anilines is 3. The van der Waals surface area contributed by atoms with Crippen LogP contribution >= 0.6 is 0 Å². The van der Waals surface area contributed by atoms with Crippen LogP contribution in [0.4, 0.5) is 21.2 Å². The molecule has 5 aliphatic rings. The molecule has 1 spiro atoms. The average molecular weight is 739 g/mol. The number of rotatable bonds is 8. The van der Waals surface area contributed by atoms with E-state index in [-0.39, 0.29) is 43.2 Å². The summed E-state index contributed by atoms with van der Waals surface area (Å²) in [6.07, 6.45) is 2.05. The molecule has 0 bridgehead atoms. The summed E-state index contributed by atoms with van der Waals surface area (Å²) < 4.78 is 23.6. The Bertz CT molecular complexity index is 1970. The summed E-state index contributed by atoms with van der Waals surface area (Å²) in [6, 6.07) is 20.7. The van der Waals surface area contributed by atoms with Gasteiger partial charge in [-0.05, 0) is 79.4 Å². The molecular weight excluding hydrogens is 692 g/mol. The summed E-state index contributed by atoms with van der Waals surface area (Å²) in [6.45, 7) is 6.71. The van der Waals surface area contributed by atoms with Crippen molar-refractivity contribution in [3.05, 3.63) is 89.0 Å². The topological polar surface area (TPSA) is 111 Å². The number of fused-ring (bicyclic) bond motifs is 3. The largest absolute Gasteiger partial charge is 0.394 e. The lowest BCUT2D eigenvalue weighted by Gasteiger charge is -2.37. The molecule has 4 amide bonds. The van der Waals surface area contributed by atoms with Crippen LogP contribution in [0.15, 0.2) is 66.7 Å². The van der Waals surface area contributed by atoms with E-state index >= 15 is 8.90 Å². The van der Waals surface area contributed by atoms with Gasteiger partial charge in [0.2, 0.25) is 26.1 Å². The minimum Gasteiger partial charge on any atom is -0.394 e. The zero-order chi connectivity index (χ0) is 37.2. The molecule has 0 saturated carbocycles. The summed E-state index contributed by atoms with van der Waals surface area (Å²) in [7, 11) is -3.58. The van der Waals surface area contributed by atoms with Crippen LogP contribution < -0.4 is 14.7 Å². The third kappa shape index (κ3) is 5.99. The molecule has 5 atom stereocenters. The second kappa shape index (κ2) is 13.5. The Morgan fingerprint density at radius 1 is 0.925 bits per heavy atom. The van der Waals surface area contributed by atoms with E-state index in [1.165, 1.54) is 0 Å². The fourth-order valence-corrected chi connectivity index (χ4v) is 12.2. The highest BCUT2D eigenvalue weighted by molar-refractivity contribution is 6.72. The minimum atomic E-state index is -3.58. The Balaban J connectivity index is 1.15. The van der Waals surface area contributed by atoms with E-state index in [1.807, 2.05) is 73.7 Å². The highest BCUT2D eigenvalue weighted by atomic mass is 28.4. The lowest BCUT2D eigenvalue weighted by molar-refractivity contribution is -0.151. The maximum absolute atomic E-state index is 16.7. The van der Waals surface area contributed by atoms with E-state index in [0.29, 0.717) is 55.8 Å². The summed E-state index contributed by atoms with van der Waals surface area (Å²) >= 11 is 0. The highest BCUT2D eigenvalue weighted by Gasteiger charge is 2.67. The quantitative estimate of drug-likeness (QED) is 0.238. The molecule has 10 nitrogen and oxygen atoms in total. The van der Waals surface area contributed by atoms with Crippen LogP contribution in [0.1, 0.15) is 61.3 Å². The number of nitrogens with zero attached hydrogens (tertiary/aromatic N) is 4. The fraction of sp³-hybridized carbons (Fsp3) is 0.463. The lowest BCUT2D eigenvalue weighted by Crippen LogP contribution is -2.48. The molecule has 0 radical (unpaired) electrons. The van der Waals surface area contributed by atoms with E-state index < -0.39 is 37.6 Å². The van der Waals surface area contributed by atoms with Gasteiger partial charge in [-0.3, -0.25) is 19.2 Å². The predicted molar refractivity (Wildman–Crippen MR) is 201 cm³/mol. The van der Waals surface area contributed by atoms with Gasteiger partial charge in [-0.2, -0.15) is 0 Å². The van der Waals surface area contributed by atoms with Crippen LogP contribution in [-0.4, -0.2) is 73.9 Å². The van der Waals surface area contributed by atoms with Gasteiger partial charge >= 0.3 is 0 Å². The second-order valence-electron chi connectivity index (χ2n) is 15.9. The van der Waals surface area contributed by atoms with Crippen molar-refractivity contribution in [3.63, 3.8) is 0 Å². The Morgan fingerprint density at radius 2 is 1.57 bits per heavy atom. The SMILES string of the molecule is C[C@H]1[C@H]([Si](C)(C)F)[C@@H](CC(=O)N2Cc3ccccc3C[C@H]2CO)O[C@]12C(=O)N(Cc1ccc(N3CCCC3=O)cc1)c1ccc(N3CCCC3=O)cc12. The first-order valence-corrected chi connectivity index (χ1v) is 21.9. The number of halogens is 1. The molecule has 0 aromatic heterocycles. The number of hydrogen-bond donors (Lipinski definition) is 1. The standard InChI is InChI=1S/C41H47FN4O6Si/c1-26-39(53(2,3)42)35(22-38(50)45-24-29-9-5-4-8-28(29)20-32(45)25-47)52-41(26)33-21-31(44-19-7-11-37(44)49)16-17-34(33)46(40(41)51)23-27-12-14-30(15-13-27)43-18-6-10-36(43)48/h4-5,8-9,12-17,21,26,32,35,39,47H,6-7,10-11,18-20,22-25H2,1-3H3/t26-,32-,35+,39-,41+/m0/s1. The first kappa shape index (κ1) is 35.6. The number of carbonyl (C=O) groups excluding carboxylic acids is 4. The van der Waals surface area contributed by atoms with Crippen molar-refractivity contribution in [2.45, 2.75) is 94.9 Å². The summed E-state index contributed by atoms with van der Waals surface area (Å²) in [4.78, 5) is 61.4. The first-order chi connectivity index (χ1) is 25.4. The van der Waals surface area contributed by atoms with Crippen molar-refractivity contribution < 1.29 is 33.1 Å². The van der Waals surface area contributed by atoms with Gasteiger partial charge < -0.3 is 33.6 Å². The van der Waals surface area contributed by atoms with Crippen molar-refractivity contribution in [1.29, 1.82) is 0 Å². The van der Waals surface area contributed by atoms with Gasteiger partial charge in [-0.15, -0.1) is 0 Å². The Hall–Kier alpha value is -4.39. The van der Waals surface area contributed by atoms with Crippen molar-refractivity contribution in [2.75, 3.05) is 34.4 Å². The maximum atomic E-state index is 16.7. The molecular formula is C41H47FN4O6Si. The zero-order valence-electron chi connectivity index (χ0n) is 30.6. The number of ether oxygens (including phenoxy) is 1. The fourth-order valence-electron chi connectivity index (χ4n) is 9.70. The summed E-state index contributed by atoms with van der Waals surface area (Å²) in [5, 5.41) is 10.3. The van der Waals surface area contributed by atoms with Crippen LogP contribution in [0.5, 0.6) is 0 Å². The monoisotopic (exact) mass is 738 g/mol. The van der Waals surface area contributed by atoms with E-state index in [9.17, 15) is 19.5 Å². The molecule has 8 rings (SSSR count). The number of carbonyl (C=O) groups is 4. The van der Waals surface area contributed by atoms with Crippen molar-refractivity contribution in [1.82, 2.24) is 4.90 Å². The molecule has 1 N–H and O–H groups in total. The lowest BCUT2D eigenvalue weighted by atomic mass is 9.82. The van der Waals surface area contributed by atoms with Crippen LogP contribution in [0.2, 0.25) is 18.6 Å². The molecule has 278 valence electrons. The van der Waals surface area contributed by atoms with E-state index in [4.69, 9.17) is 4.74 Å². The maximum Gasteiger partial charge on any atom is 0.264 e. The molecule has 3 aromatic rings. The van der Waals surface area contributed by atoms with Gasteiger partial charge in [0.05, 0.1) is 37.4 Å². The van der Waals surface area contributed by atoms with Crippen LogP contribution in [0.3, 0.4) is 0 Å². The molecule has 0 unspecified atom stereocenters. The Labute approximate surface area is 310 Å². The molecule has 3 fully saturated rings. The molecule has 53 heavy (non-hydrogen) atoms. The van der Waals surface area contributed by atoms with Crippen molar-refractivity contribution in [3.8, 4) is 0 Å². The Kier molecular flexibility index (Phi) is 9.06. The minimum absolute atomic E-state index is 0.0114. The molecule has 0 aliphatic carbocycles. The van der Waals surface area contributed by atoms with E-state index in [1.54, 1.807) is 32.7 Å². The van der Waals surface area contributed by atoms with Gasteiger partial charge in [0.1, 0.15) is 0 Å². The second-order valence-corrected chi connectivity index (χ2v) is 19.7. The third-order valence-corrected chi connectivity index (χ3v) is 14.7. The number of amides is 4. The number of aliphatic hydroxyl groups excluding tert-OH is 1. The van der Waals surface area contributed by atoms with Crippen molar-refractivity contribution in [2.24, 2.45) is 5.92 Å². The van der Waals surface area contributed by atoms with Gasteiger partial charge in [0.25, 0.3) is 5.91 Å². The van der Waals surface area contributed by atoms with Crippen molar-refractivity contribution >= 4 is 49.1 Å². The van der Waals surface area contributed by atoms with Gasteiger partial charge in [-0.1, -0.05) is 43.3 Å². The van der Waals surface area contributed by atoms with E-state index in [0.717, 1.165) is 35.2 Å². The number of hydrogen-bond acceptors (Lipinski definition) is 6. The summed E-state index contributed by atoms with van der Waals surface area (Å²) in [5.41, 5.74) is 3.40. The molecule has 3 saturated heterocycles. The molecule has 5 aliphatic heterocycles. The van der Waals surface area contributed by atoms with Gasteiger partial charge in [0, 0.05) is 60.9 Å². The van der Waals surface area contributed by atoms with Crippen LogP contribution in [0.25, 0.3) is 0 Å². The average Bonchev–Trinajstić information content (AvgIpc) is 3.90. The summed E-state index contributed by atoms with van der Waals surface area (Å²) in [5.74, 6) is -1.07. The van der Waals surface area contributed by atoms with Gasteiger partial charge in [-0.25, -0.2) is 0 Å². The van der Waals surface area contributed by atoms with Crippen LogP contribution in [-0.2, 0) is 49.0 Å². The first-order valence-electron chi connectivity index (χ1n) is 18.9. The molecule has 12 heteroatoms. The predicted octanol–water partition coefficient (Wildman–Crippen LogP) is 5.60. The third-order valence-electron chi connectivity index (χ3n) is 12.3. The normalized spacial score (nSPS) is 27.0. The number of benzene rings is 3. The number of aliphatic hydroxyl groups is 1. The van der Waals surface area contributed by atoms with Gasteiger partial charge in [0.15, 0.2) is 5.60 Å². The smallest absolute Gasteiger partial charge is 0.264 e. The molecule has 5 heterocycles. The zero-order valence-corrected chi connectivity index (χ0v) is 31.6. The van der Waals surface area contributed by atoms with Crippen LogP contribution in [0, 0.1) is 5.92 Å². The highest BCUT2D eigenvalue weighted by Crippen LogP contribution is 2.61.